The number of carbonyl (C=O) groups excluding carboxylic acids is 1. The zero-order valence-corrected chi connectivity index (χ0v) is 11.8. The molecule has 0 saturated heterocycles. The highest BCUT2D eigenvalue weighted by atomic mass is 32.2. The smallest absolute Gasteiger partial charge is 0.335 e. The van der Waals surface area contributed by atoms with Crippen LogP contribution < -0.4 is 5.32 Å². The number of carbonyl (C=O) groups is 2. The van der Waals surface area contributed by atoms with Gasteiger partial charge in [0.2, 0.25) is 5.91 Å². The first-order valence-electron chi connectivity index (χ1n) is 6.18. The minimum Gasteiger partial charge on any atom is -0.478 e. The molecule has 7 heteroatoms. The maximum Gasteiger partial charge on any atom is 0.335 e. The molecule has 0 spiro atoms. The first-order chi connectivity index (χ1) is 10.1. The van der Waals surface area contributed by atoms with Gasteiger partial charge in [0, 0.05) is 30.3 Å². The number of aromatic carboxylic acids is 1. The Bertz CT molecular complexity index is 617. The highest BCUT2D eigenvalue weighted by Crippen LogP contribution is 2.14. The van der Waals surface area contributed by atoms with E-state index in [4.69, 9.17) is 5.11 Å². The molecule has 6 nitrogen and oxygen atoms in total. The molecule has 0 unspecified atom stereocenters. The predicted octanol–water partition coefficient (Wildman–Crippen LogP) is 2.30. The van der Waals surface area contributed by atoms with E-state index in [1.54, 1.807) is 30.6 Å². The van der Waals surface area contributed by atoms with Crippen molar-refractivity contribution in [3.8, 4) is 0 Å². The lowest BCUT2D eigenvalue weighted by Crippen LogP contribution is -2.12. The molecule has 0 saturated carbocycles. The van der Waals surface area contributed by atoms with Gasteiger partial charge in [0.25, 0.3) is 0 Å². The summed E-state index contributed by atoms with van der Waals surface area (Å²) in [6.07, 6.45) is 3.63. The van der Waals surface area contributed by atoms with E-state index in [9.17, 15) is 9.59 Å². The molecule has 0 atom stereocenters. The van der Waals surface area contributed by atoms with Gasteiger partial charge >= 0.3 is 5.97 Å². The summed E-state index contributed by atoms with van der Waals surface area (Å²) in [7, 11) is 0. The molecular formula is C14H13N3O3S. The van der Waals surface area contributed by atoms with Gasteiger partial charge in [0.05, 0.1) is 5.56 Å². The van der Waals surface area contributed by atoms with E-state index in [0.717, 1.165) is 0 Å². The number of aromatic nitrogens is 2. The molecule has 0 radical (unpaired) electrons. The Labute approximate surface area is 125 Å². The third-order valence-electron chi connectivity index (χ3n) is 2.52. The van der Waals surface area contributed by atoms with Crippen LogP contribution in [0, 0.1) is 0 Å². The fourth-order valence-electron chi connectivity index (χ4n) is 1.51. The summed E-state index contributed by atoms with van der Waals surface area (Å²) in [5.74, 6) is -0.558. The molecule has 0 aliphatic heterocycles. The lowest BCUT2D eigenvalue weighted by atomic mass is 10.2. The van der Waals surface area contributed by atoms with Crippen molar-refractivity contribution >= 4 is 29.3 Å². The summed E-state index contributed by atoms with van der Waals surface area (Å²) in [4.78, 5) is 30.5. The lowest BCUT2D eigenvalue weighted by molar-refractivity contribution is -0.115. The van der Waals surface area contributed by atoms with Crippen molar-refractivity contribution in [2.24, 2.45) is 0 Å². The van der Waals surface area contributed by atoms with Gasteiger partial charge in [-0.05, 0) is 30.3 Å². The molecule has 2 aromatic rings. The molecule has 0 aliphatic rings. The second-order valence-electron chi connectivity index (χ2n) is 4.06. The summed E-state index contributed by atoms with van der Waals surface area (Å²) in [5.41, 5.74) is 0.760. The number of carboxylic acid groups (broad SMARTS) is 1. The average molecular weight is 303 g/mol. The van der Waals surface area contributed by atoms with Crippen LogP contribution in [0.3, 0.4) is 0 Å². The Balaban J connectivity index is 1.78. The Morgan fingerprint density at radius 2 is 1.81 bits per heavy atom. The average Bonchev–Trinajstić information content (AvgIpc) is 2.49. The van der Waals surface area contributed by atoms with Crippen molar-refractivity contribution in [1.29, 1.82) is 0 Å². The van der Waals surface area contributed by atoms with Crippen LogP contribution in [0.2, 0.25) is 0 Å². The lowest BCUT2D eigenvalue weighted by Gasteiger charge is -2.05. The first kappa shape index (κ1) is 15.0. The number of amides is 1. The van der Waals surface area contributed by atoms with E-state index in [1.165, 1.54) is 23.9 Å². The third-order valence-corrected chi connectivity index (χ3v) is 3.40. The van der Waals surface area contributed by atoms with Crippen LogP contribution >= 0.6 is 11.8 Å². The highest BCUT2D eigenvalue weighted by Gasteiger charge is 2.05. The Morgan fingerprint density at radius 3 is 2.43 bits per heavy atom. The molecule has 1 heterocycles. The largest absolute Gasteiger partial charge is 0.478 e. The fraction of sp³-hybridized carbons (Fsp3) is 0.143. The van der Waals surface area contributed by atoms with Crippen LogP contribution in [0.25, 0.3) is 0 Å². The highest BCUT2D eigenvalue weighted by molar-refractivity contribution is 7.99. The molecule has 1 amide bonds. The molecule has 2 rings (SSSR count). The van der Waals surface area contributed by atoms with Gasteiger partial charge in [-0.25, -0.2) is 14.8 Å². The third kappa shape index (κ3) is 4.88. The van der Waals surface area contributed by atoms with Gasteiger partial charge in [-0.3, -0.25) is 4.79 Å². The fourth-order valence-corrected chi connectivity index (χ4v) is 2.26. The minimum absolute atomic E-state index is 0.137. The monoisotopic (exact) mass is 303 g/mol. The van der Waals surface area contributed by atoms with E-state index in [1.807, 2.05) is 0 Å². The normalized spacial score (nSPS) is 10.1. The number of hydrogen-bond donors (Lipinski definition) is 2. The number of benzene rings is 1. The quantitative estimate of drug-likeness (QED) is 0.628. The molecule has 21 heavy (non-hydrogen) atoms. The number of rotatable bonds is 6. The van der Waals surface area contributed by atoms with Crippen LogP contribution in [-0.4, -0.2) is 32.7 Å². The summed E-state index contributed by atoms with van der Waals surface area (Å²) in [6.45, 7) is 0. The van der Waals surface area contributed by atoms with Crippen molar-refractivity contribution in [2.75, 3.05) is 11.1 Å². The van der Waals surface area contributed by atoms with Gasteiger partial charge in [-0.2, -0.15) is 0 Å². The number of hydrogen-bond acceptors (Lipinski definition) is 5. The molecule has 0 bridgehead atoms. The van der Waals surface area contributed by atoms with Crippen molar-refractivity contribution < 1.29 is 14.7 Å². The molecular weight excluding hydrogens is 290 g/mol. The predicted molar refractivity (Wildman–Crippen MR) is 79.4 cm³/mol. The van der Waals surface area contributed by atoms with Crippen molar-refractivity contribution in [2.45, 2.75) is 11.6 Å². The summed E-state index contributed by atoms with van der Waals surface area (Å²) >= 11 is 1.40. The zero-order valence-electron chi connectivity index (χ0n) is 11.0. The summed E-state index contributed by atoms with van der Waals surface area (Å²) in [5, 5.41) is 12.1. The number of thioether (sulfide) groups is 1. The van der Waals surface area contributed by atoms with Gasteiger partial charge in [0.1, 0.15) is 0 Å². The maximum absolute atomic E-state index is 11.7. The number of anilines is 1. The molecule has 0 aliphatic carbocycles. The van der Waals surface area contributed by atoms with Gasteiger partial charge in [-0.1, -0.05) is 11.8 Å². The molecule has 2 N–H and O–H groups in total. The Hall–Kier alpha value is -2.41. The van der Waals surface area contributed by atoms with Crippen molar-refractivity contribution in [3.05, 3.63) is 48.3 Å². The zero-order chi connectivity index (χ0) is 15.1. The van der Waals surface area contributed by atoms with Gasteiger partial charge in [-0.15, -0.1) is 0 Å². The van der Waals surface area contributed by atoms with Crippen molar-refractivity contribution in [3.63, 3.8) is 0 Å². The molecule has 108 valence electrons. The van der Waals surface area contributed by atoms with E-state index >= 15 is 0 Å². The maximum atomic E-state index is 11.7. The van der Waals surface area contributed by atoms with Crippen molar-refractivity contribution in [1.82, 2.24) is 9.97 Å². The molecule has 1 aromatic heterocycles. The Morgan fingerprint density at radius 1 is 1.14 bits per heavy atom. The number of nitrogens with one attached hydrogen (secondary N) is 1. The molecule has 1 aromatic carbocycles. The SMILES string of the molecule is O=C(CCSc1ncccn1)Nc1ccc(C(=O)O)cc1. The topological polar surface area (TPSA) is 92.2 Å². The van der Waals surface area contributed by atoms with Crippen LogP contribution in [0.15, 0.2) is 47.9 Å². The molecule has 0 fully saturated rings. The summed E-state index contributed by atoms with van der Waals surface area (Å²) < 4.78 is 0. The first-order valence-corrected chi connectivity index (χ1v) is 7.17. The van der Waals surface area contributed by atoms with Crippen LogP contribution in [0.4, 0.5) is 5.69 Å². The second-order valence-corrected chi connectivity index (χ2v) is 5.12. The standard InChI is InChI=1S/C14H13N3O3S/c18-12(6-9-21-14-15-7-1-8-16-14)17-11-4-2-10(3-5-11)13(19)20/h1-5,7-8H,6,9H2,(H,17,18)(H,19,20). The van der Waals surface area contributed by atoms with Gasteiger partial charge < -0.3 is 10.4 Å². The minimum atomic E-state index is -0.993. The Kier molecular flexibility index (Phi) is 5.28. The van der Waals surface area contributed by atoms with E-state index in [0.29, 0.717) is 23.0 Å². The van der Waals surface area contributed by atoms with E-state index in [-0.39, 0.29) is 11.5 Å². The second kappa shape index (κ2) is 7.39. The summed E-state index contributed by atoms with van der Waals surface area (Å²) in [6, 6.07) is 7.76. The number of carboxylic acids is 1. The van der Waals surface area contributed by atoms with Gasteiger partial charge in [0.15, 0.2) is 5.16 Å². The van der Waals surface area contributed by atoms with E-state index < -0.39 is 5.97 Å². The van der Waals surface area contributed by atoms with Crippen LogP contribution in [-0.2, 0) is 4.79 Å². The van der Waals surface area contributed by atoms with Crippen LogP contribution in [0.5, 0.6) is 0 Å². The van der Waals surface area contributed by atoms with E-state index in [2.05, 4.69) is 15.3 Å². The van der Waals surface area contributed by atoms with Crippen LogP contribution in [0.1, 0.15) is 16.8 Å². The number of nitrogens with zero attached hydrogens (tertiary/aromatic N) is 2.